The minimum atomic E-state index is -0.854. The van der Waals surface area contributed by atoms with Gasteiger partial charge in [0.15, 0.2) is 0 Å². The molecule has 39 heavy (non-hydrogen) atoms. The van der Waals surface area contributed by atoms with Gasteiger partial charge in [0.25, 0.3) is 11.7 Å². The molecule has 1 aliphatic heterocycles. The minimum absolute atomic E-state index is 0.0606. The molecule has 5 rings (SSSR count). The summed E-state index contributed by atoms with van der Waals surface area (Å²) in [5.41, 5.74) is 1.64. The molecule has 1 atom stereocenters. The Bertz CT molecular complexity index is 1530. The van der Waals surface area contributed by atoms with Crippen LogP contribution in [0.1, 0.15) is 22.0 Å². The number of Topliss-reactive ketones (excluding diaryl/α,β-unsaturated/α-hetero) is 1. The van der Waals surface area contributed by atoms with E-state index in [1.807, 2.05) is 47.8 Å². The van der Waals surface area contributed by atoms with Crippen LogP contribution in [0.15, 0.2) is 89.8 Å². The van der Waals surface area contributed by atoms with Crippen molar-refractivity contribution in [3.05, 3.63) is 111 Å². The van der Waals surface area contributed by atoms with Crippen LogP contribution in [-0.2, 0) is 16.2 Å². The molecule has 4 aromatic rings. The predicted molar refractivity (Wildman–Crippen MR) is 151 cm³/mol. The van der Waals surface area contributed by atoms with Crippen LogP contribution < -0.4 is 19.1 Å². The molecule has 0 aliphatic carbocycles. The molecule has 3 aromatic carbocycles. The first kappa shape index (κ1) is 26.3. The van der Waals surface area contributed by atoms with Gasteiger partial charge in [0.1, 0.15) is 35.7 Å². The number of rotatable bonds is 8. The molecule has 0 saturated carbocycles. The van der Waals surface area contributed by atoms with Crippen molar-refractivity contribution in [3.63, 3.8) is 0 Å². The molecule has 9 heteroatoms. The summed E-state index contributed by atoms with van der Waals surface area (Å²) < 4.78 is 16.6. The summed E-state index contributed by atoms with van der Waals surface area (Å²) in [6.07, 6.45) is 0. The van der Waals surface area contributed by atoms with Gasteiger partial charge in [-0.15, -0.1) is 11.3 Å². The molecule has 2 heterocycles. The number of amides is 1. The maximum absolute atomic E-state index is 13.4. The number of halogens is 1. The van der Waals surface area contributed by atoms with Gasteiger partial charge in [-0.05, 0) is 47.3 Å². The Morgan fingerprint density at radius 3 is 2.31 bits per heavy atom. The number of hydrogen-bond acceptors (Lipinski definition) is 7. The van der Waals surface area contributed by atoms with Gasteiger partial charge in [-0.2, -0.15) is 0 Å². The van der Waals surface area contributed by atoms with E-state index in [-0.39, 0.29) is 33.4 Å². The van der Waals surface area contributed by atoms with Crippen molar-refractivity contribution in [1.82, 2.24) is 0 Å². The molecular weight excluding hydrogens is 538 g/mol. The van der Waals surface area contributed by atoms with E-state index in [4.69, 9.17) is 25.8 Å². The molecule has 1 saturated heterocycles. The van der Waals surface area contributed by atoms with E-state index in [1.165, 1.54) is 42.6 Å². The first-order valence-electron chi connectivity index (χ1n) is 12.0. The number of hydrogen-bond donors (Lipinski definition) is 1. The van der Waals surface area contributed by atoms with E-state index in [1.54, 1.807) is 24.3 Å². The fourth-order valence-electron chi connectivity index (χ4n) is 4.45. The quantitative estimate of drug-likeness (QED) is 0.148. The summed E-state index contributed by atoms with van der Waals surface area (Å²) in [5, 5.41) is 13.6. The molecule has 0 spiro atoms. The van der Waals surface area contributed by atoms with Gasteiger partial charge in [0, 0.05) is 16.6 Å². The van der Waals surface area contributed by atoms with E-state index < -0.39 is 17.7 Å². The summed E-state index contributed by atoms with van der Waals surface area (Å²) in [6, 6.07) is 22.5. The van der Waals surface area contributed by atoms with Crippen LogP contribution in [0.2, 0.25) is 5.02 Å². The average Bonchev–Trinajstić information content (AvgIpc) is 3.59. The molecule has 0 radical (unpaired) electrons. The van der Waals surface area contributed by atoms with Gasteiger partial charge in [0.2, 0.25) is 0 Å². The van der Waals surface area contributed by atoms with Crippen molar-refractivity contribution >= 4 is 46.1 Å². The third-order valence-corrected chi connectivity index (χ3v) is 7.57. The minimum Gasteiger partial charge on any atom is -0.507 e. The SMILES string of the molecule is COc1cc(/C(O)=C2\C(=O)C(=O)N(c3ccc(OCc4ccccc4)cc3)C2c2cccs2)c(OC)cc1Cl. The van der Waals surface area contributed by atoms with Crippen LogP contribution in [0, 0.1) is 0 Å². The van der Waals surface area contributed by atoms with Gasteiger partial charge in [-0.25, -0.2) is 0 Å². The van der Waals surface area contributed by atoms with E-state index in [2.05, 4.69) is 0 Å². The molecule has 198 valence electrons. The van der Waals surface area contributed by atoms with Gasteiger partial charge < -0.3 is 19.3 Å². The van der Waals surface area contributed by atoms with Crippen LogP contribution in [0.5, 0.6) is 17.2 Å². The zero-order valence-corrected chi connectivity index (χ0v) is 22.7. The number of thiophene rings is 1. The number of ether oxygens (including phenoxy) is 3. The van der Waals surface area contributed by atoms with Crippen molar-refractivity contribution in [2.75, 3.05) is 19.1 Å². The Balaban J connectivity index is 1.55. The molecule has 7 nitrogen and oxygen atoms in total. The van der Waals surface area contributed by atoms with E-state index in [0.717, 1.165) is 5.56 Å². The number of ketones is 1. The lowest BCUT2D eigenvalue weighted by atomic mass is 9.99. The second-order valence-corrected chi connectivity index (χ2v) is 10.0. The Kier molecular flexibility index (Phi) is 7.58. The van der Waals surface area contributed by atoms with E-state index in [0.29, 0.717) is 22.9 Å². The number of nitrogens with zero attached hydrogens (tertiary/aromatic N) is 1. The summed E-state index contributed by atoms with van der Waals surface area (Å²) in [6.45, 7) is 0.395. The smallest absolute Gasteiger partial charge is 0.300 e. The zero-order chi connectivity index (χ0) is 27.5. The van der Waals surface area contributed by atoms with Crippen molar-refractivity contribution in [2.45, 2.75) is 12.6 Å². The number of anilines is 1. The lowest BCUT2D eigenvalue weighted by Crippen LogP contribution is -2.29. The number of aliphatic hydroxyl groups excluding tert-OH is 1. The number of benzene rings is 3. The Hall–Kier alpha value is -4.27. The summed E-state index contributed by atoms with van der Waals surface area (Å²) >= 11 is 7.61. The maximum Gasteiger partial charge on any atom is 0.300 e. The highest BCUT2D eigenvalue weighted by Crippen LogP contribution is 2.46. The number of methoxy groups -OCH3 is 2. The molecule has 1 aromatic heterocycles. The lowest BCUT2D eigenvalue weighted by Gasteiger charge is -2.24. The van der Waals surface area contributed by atoms with Gasteiger partial charge >= 0.3 is 0 Å². The van der Waals surface area contributed by atoms with Crippen molar-refractivity contribution < 1.29 is 28.9 Å². The van der Waals surface area contributed by atoms with Crippen LogP contribution in [0.25, 0.3) is 5.76 Å². The average molecular weight is 562 g/mol. The van der Waals surface area contributed by atoms with E-state index in [9.17, 15) is 14.7 Å². The first-order chi connectivity index (χ1) is 18.9. The Labute approximate surface area is 234 Å². The topological polar surface area (TPSA) is 85.3 Å². The van der Waals surface area contributed by atoms with Gasteiger partial charge in [-0.3, -0.25) is 14.5 Å². The normalized spacial score (nSPS) is 16.4. The molecule has 1 fully saturated rings. The predicted octanol–water partition coefficient (Wildman–Crippen LogP) is 6.62. The highest BCUT2D eigenvalue weighted by atomic mass is 35.5. The highest BCUT2D eigenvalue weighted by Gasteiger charge is 2.47. The van der Waals surface area contributed by atoms with E-state index >= 15 is 0 Å². The lowest BCUT2D eigenvalue weighted by molar-refractivity contribution is -0.132. The van der Waals surface area contributed by atoms with Crippen LogP contribution in [0.4, 0.5) is 5.69 Å². The third kappa shape index (κ3) is 5.08. The highest BCUT2D eigenvalue weighted by molar-refractivity contribution is 7.10. The van der Waals surface area contributed by atoms with Crippen LogP contribution >= 0.6 is 22.9 Å². The molecule has 1 amide bonds. The van der Waals surface area contributed by atoms with Crippen LogP contribution in [0.3, 0.4) is 0 Å². The summed E-state index contributed by atoms with van der Waals surface area (Å²) in [7, 11) is 2.86. The second kappa shape index (κ2) is 11.2. The number of carbonyl (C=O) groups excluding carboxylic acids is 2. The fraction of sp³-hybridized carbons (Fsp3) is 0.133. The number of aliphatic hydroxyl groups is 1. The maximum atomic E-state index is 13.4. The zero-order valence-electron chi connectivity index (χ0n) is 21.1. The third-order valence-electron chi connectivity index (χ3n) is 6.35. The molecular formula is C30H24ClNO6S. The standard InChI is InChI=1S/C30H24ClNO6S/c1-36-23-16-22(31)24(37-2)15-21(23)28(33)26-27(25-9-6-14-39-25)32(30(35)29(26)34)19-10-12-20(13-11-19)38-17-18-7-4-3-5-8-18/h3-16,27,33H,17H2,1-2H3/b28-26+. The Morgan fingerprint density at radius 1 is 0.949 bits per heavy atom. The number of carbonyl (C=O) groups is 2. The van der Waals surface area contributed by atoms with Crippen molar-refractivity contribution in [1.29, 1.82) is 0 Å². The van der Waals surface area contributed by atoms with Crippen molar-refractivity contribution in [3.8, 4) is 17.2 Å². The molecule has 1 unspecified atom stereocenters. The van der Waals surface area contributed by atoms with Crippen LogP contribution in [-0.4, -0.2) is 31.0 Å². The monoisotopic (exact) mass is 561 g/mol. The van der Waals surface area contributed by atoms with Gasteiger partial charge in [-0.1, -0.05) is 48.0 Å². The molecule has 1 aliphatic rings. The second-order valence-electron chi connectivity index (χ2n) is 8.64. The Morgan fingerprint density at radius 2 is 1.67 bits per heavy atom. The van der Waals surface area contributed by atoms with Crippen molar-refractivity contribution in [2.24, 2.45) is 0 Å². The van der Waals surface area contributed by atoms with Gasteiger partial charge in [0.05, 0.1) is 30.4 Å². The summed E-state index contributed by atoms with van der Waals surface area (Å²) in [5.74, 6) is -0.825. The fourth-order valence-corrected chi connectivity index (χ4v) is 5.50. The molecule has 0 bridgehead atoms. The largest absolute Gasteiger partial charge is 0.507 e. The first-order valence-corrected chi connectivity index (χ1v) is 13.2. The summed E-state index contributed by atoms with van der Waals surface area (Å²) in [4.78, 5) is 28.9. The molecule has 1 N–H and O–H groups in total.